The Bertz CT molecular complexity index is 1280. The Hall–Kier alpha value is -3.26. The summed E-state index contributed by atoms with van der Waals surface area (Å²) in [5.74, 6) is 5.19. The van der Waals surface area contributed by atoms with Crippen LogP contribution in [-0.2, 0) is 14.3 Å². The van der Waals surface area contributed by atoms with Crippen molar-refractivity contribution in [3.63, 3.8) is 0 Å². The molecule has 0 bridgehead atoms. The van der Waals surface area contributed by atoms with Gasteiger partial charge in [-0.05, 0) is 71.8 Å². The summed E-state index contributed by atoms with van der Waals surface area (Å²) in [4.78, 5) is 57.8. The summed E-state index contributed by atoms with van der Waals surface area (Å²) in [7, 11) is 0. The third-order valence-corrected chi connectivity index (χ3v) is 9.39. The van der Waals surface area contributed by atoms with Gasteiger partial charge in [0.2, 0.25) is 5.91 Å². The molecule has 2 atom stereocenters. The average Bonchev–Trinajstić information content (AvgIpc) is 3.66. The molecule has 2 saturated heterocycles. The van der Waals surface area contributed by atoms with Crippen LogP contribution in [-0.4, -0.2) is 82.4 Å². The second-order valence-electron chi connectivity index (χ2n) is 13.3. The second-order valence-corrected chi connectivity index (χ2v) is 14.4. The molecular weight excluding hydrogens is 570 g/mol. The van der Waals surface area contributed by atoms with Crippen molar-refractivity contribution < 1.29 is 33.8 Å². The first kappa shape index (κ1) is 32.6. The van der Waals surface area contributed by atoms with E-state index >= 15 is 0 Å². The van der Waals surface area contributed by atoms with Gasteiger partial charge in [0.1, 0.15) is 16.1 Å². The smallest absolute Gasteiger partial charge is 0.410 e. The molecule has 3 heterocycles. The van der Waals surface area contributed by atoms with Gasteiger partial charge >= 0.3 is 18.2 Å². The normalized spacial score (nSPS) is 25.6. The van der Waals surface area contributed by atoms with Crippen LogP contribution < -0.4 is 4.90 Å². The fraction of sp³-hybridized carbons (Fsp3) is 0.688. The number of anilines is 1. The van der Waals surface area contributed by atoms with E-state index in [4.69, 9.17) is 9.47 Å². The number of aromatic carboxylic acids is 1. The van der Waals surface area contributed by atoms with E-state index < -0.39 is 35.4 Å². The van der Waals surface area contributed by atoms with E-state index in [9.17, 15) is 24.3 Å². The van der Waals surface area contributed by atoms with Gasteiger partial charge in [-0.3, -0.25) is 4.79 Å². The van der Waals surface area contributed by atoms with Crippen LogP contribution in [0.15, 0.2) is 6.07 Å². The zero-order valence-electron chi connectivity index (χ0n) is 26.2. The molecule has 0 radical (unpaired) electrons. The molecule has 3 amide bonds. The number of nitrogens with zero attached hydrogens (tertiary/aromatic N) is 3. The summed E-state index contributed by atoms with van der Waals surface area (Å²) in [5.41, 5.74) is -1.13. The van der Waals surface area contributed by atoms with Crippen molar-refractivity contribution in [3.05, 3.63) is 15.8 Å². The predicted molar refractivity (Wildman–Crippen MR) is 164 cm³/mol. The Kier molecular flexibility index (Phi) is 10.00. The molecule has 3 fully saturated rings. The molecule has 11 heteroatoms. The zero-order valence-corrected chi connectivity index (χ0v) is 27.1. The van der Waals surface area contributed by atoms with E-state index in [1.807, 2.05) is 34.6 Å². The van der Waals surface area contributed by atoms with Gasteiger partial charge in [-0.2, -0.15) is 0 Å². The minimum atomic E-state index is -1.10. The van der Waals surface area contributed by atoms with Crippen LogP contribution in [0.3, 0.4) is 0 Å². The maximum Gasteiger partial charge on any atom is 0.410 e. The maximum atomic E-state index is 14.1. The van der Waals surface area contributed by atoms with Crippen LogP contribution in [0.5, 0.6) is 0 Å². The van der Waals surface area contributed by atoms with E-state index in [0.29, 0.717) is 48.8 Å². The Morgan fingerprint density at radius 3 is 2.42 bits per heavy atom. The number of carboxylic acid groups (broad SMARTS) is 1. The topological polar surface area (TPSA) is 117 Å². The first-order valence-corrected chi connectivity index (χ1v) is 16.2. The highest BCUT2D eigenvalue weighted by Crippen LogP contribution is 2.38. The predicted octanol–water partition coefficient (Wildman–Crippen LogP) is 5.98. The molecule has 10 nitrogen and oxygen atoms in total. The molecule has 1 aromatic rings. The van der Waals surface area contributed by atoms with Crippen LogP contribution in [0.1, 0.15) is 101 Å². The number of amides is 3. The van der Waals surface area contributed by atoms with Crippen molar-refractivity contribution >= 4 is 41.1 Å². The lowest BCUT2D eigenvalue weighted by Crippen LogP contribution is -2.47. The van der Waals surface area contributed by atoms with Gasteiger partial charge in [0, 0.05) is 38.4 Å². The lowest BCUT2D eigenvalue weighted by molar-refractivity contribution is -0.124. The molecule has 3 aliphatic rings. The van der Waals surface area contributed by atoms with Gasteiger partial charge in [-0.25, -0.2) is 14.4 Å². The van der Waals surface area contributed by atoms with Gasteiger partial charge in [0.25, 0.3) is 0 Å². The number of hydrogen-bond acceptors (Lipinski definition) is 7. The van der Waals surface area contributed by atoms with Crippen molar-refractivity contribution in [1.29, 1.82) is 0 Å². The molecular formula is C32H45N3O7S. The first-order chi connectivity index (χ1) is 20.2. The Morgan fingerprint density at radius 2 is 1.79 bits per heavy atom. The molecule has 236 valence electrons. The Balaban J connectivity index is 1.52. The number of carboxylic acids is 1. The number of thiophene rings is 1. The highest BCUT2D eigenvalue weighted by Gasteiger charge is 2.44. The number of carbonyl (C=O) groups excluding carboxylic acids is 3. The van der Waals surface area contributed by atoms with E-state index in [-0.39, 0.29) is 29.8 Å². The minimum absolute atomic E-state index is 0.0830. The largest absolute Gasteiger partial charge is 0.477 e. The Morgan fingerprint density at radius 1 is 1.09 bits per heavy atom. The van der Waals surface area contributed by atoms with Crippen molar-refractivity contribution in [2.75, 3.05) is 31.1 Å². The van der Waals surface area contributed by atoms with Crippen molar-refractivity contribution in [3.8, 4) is 11.8 Å². The van der Waals surface area contributed by atoms with Gasteiger partial charge in [0.05, 0.1) is 23.2 Å². The summed E-state index contributed by atoms with van der Waals surface area (Å²) in [6, 6.07) is 1.32. The van der Waals surface area contributed by atoms with E-state index in [1.54, 1.807) is 20.8 Å². The molecule has 1 saturated carbocycles. The minimum Gasteiger partial charge on any atom is -0.477 e. The summed E-state index contributed by atoms with van der Waals surface area (Å²) in [6.07, 6.45) is 4.10. The summed E-state index contributed by atoms with van der Waals surface area (Å²) in [6.45, 7) is 12.6. The molecule has 0 spiro atoms. The molecule has 1 N–H and O–H groups in total. The van der Waals surface area contributed by atoms with E-state index in [1.165, 1.54) is 0 Å². The van der Waals surface area contributed by atoms with Gasteiger partial charge in [0.15, 0.2) is 0 Å². The molecule has 43 heavy (non-hydrogen) atoms. The third-order valence-electron chi connectivity index (χ3n) is 8.37. The monoisotopic (exact) mass is 615 g/mol. The summed E-state index contributed by atoms with van der Waals surface area (Å²) in [5, 5.41) is 10.1. The van der Waals surface area contributed by atoms with Crippen molar-refractivity contribution in [1.82, 2.24) is 9.80 Å². The molecule has 4 rings (SSSR count). The molecule has 1 aromatic heterocycles. The lowest BCUT2D eigenvalue weighted by Gasteiger charge is -2.35. The van der Waals surface area contributed by atoms with Gasteiger partial charge in [-0.1, -0.05) is 25.7 Å². The SMILES string of the molecule is CCC#Cc1cc(N(C(=O)C2CCC(C)CC2)[C@H]2CCN(C(=O)OC3(C)CCN(C(=O)OC(C)(C)C)C3)C2)c(C(=O)O)s1. The van der Waals surface area contributed by atoms with Crippen LogP contribution in [0, 0.1) is 23.7 Å². The van der Waals surface area contributed by atoms with Crippen molar-refractivity contribution in [2.24, 2.45) is 11.8 Å². The van der Waals surface area contributed by atoms with E-state index in [2.05, 4.69) is 18.8 Å². The fourth-order valence-corrected chi connectivity index (χ4v) is 6.91. The van der Waals surface area contributed by atoms with Crippen LogP contribution >= 0.6 is 11.3 Å². The second kappa shape index (κ2) is 13.2. The zero-order chi connectivity index (χ0) is 31.5. The first-order valence-electron chi connectivity index (χ1n) is 15.3. The molecule has 1 aliphatic carbocycles. The van der Waals surface area contributed by atoms with Crippen molar-refractivity contribution in [2.45, 2.75) is 104 Å². The lowest BCUT2D eigenvalue weighted by atomic mass is 9.82. The maximum absolute atomic E-state index is 14.1. The highest BCUT2D eigenvalue weighted by molar-refractivity contribution is 7.15. The molecule has 0 aromatic carbocycles. The quantitative estimate of drug-likeness (QED) is 0.405. The summed E-state index contributed by atoms with van der Waals surface area (Å²) < 4.78 is 11.4. The van der Waals surface area contributed by atoms with E-state index in [0.717, 1.165) is 37.0 Å². The van der Waals surface area contributed by atoms with Crippen LogP contribution in [0.4, 0.5) is 15.3 Å². The number of ether oxygens (including phenoxy) is 2. The third kappa shape index (κ3) is 8.02. The van der Waals surface area contributed by atoms with Crippen LogP contribution in [0.2, 0.25) is 0 Å². The number of rotatable bonds is 5. The van der Waals surface area contributed by atoms with Crippen LogP contribution in [0.25, 0.3) is 0 Å². The van der Waals surface area contributed by atoms with Gasteiger partial charge < -0.3 is 29.3 Å². The molecule has 2 aliphatic heterocycles. The number of likely N-dealkylation sites (tertiary alicyclic amines) is 2. The molecule has 1 unspecified atom stereocenters. The highest BCUT2D eigenvalue weighted by atomic mass is 32.1. The number of hydrogen-bond donors (Lipinski definition) is 1. The number of carbonyl (C=O) groups is 4. The fourth-order valence-electron chi connectivity index (χ4n) is 6.04. The Labute approximate surface area is 258 Å². The average molecular weight is 616 g/mol. The summed E-state index contributed by atoms with van der Waals surface area (Å²) >= 11 is 1.08. The standard InChI is InChI=1S/C32H45N3O7S/c1-7-8-9-24-18-25(26(43-24)28(37)38)35(27(36)22-12-10-21(2)11-13-22)23-14-16-33(19-23)29(39)42-32(6)15-17-34(20-32)30(40)41-31(3,4)5/h18,21-23H,7,10-17,19-20H2,1-6H3,(H,37,38)/t21?,22?,23-,32?/m0/s1. The van der Waals surface area contributed by atoms with Gasteiger partial charge in [-0.15, -0.1) is 11.3 Å².